The van der Waals surface area contributed by atoms with Gasteiger partial charge in [0, 0.05) is 18.0 Å². The standard InChI is InChI=1S/C28H25FN4/c1-4-21(24-8-5-6-15-30-17-24)16-23-10-7-9-22(12-11-19(23)2)25-18-31-33-28(25)27-14-13-26(29)20(3)32-27/h4-18,30H,2H2,1,3H3,(H,31,33)/b10-7+,12-11-,21-4+,22-9-,23-16-. The molecule has 4 nitrogen and oxygen atoms in total. The molecule has 2 aliphatic rings. The molecule has 1 aliphatic carbocycles. The minimum atomic E-state index is -0.328. The van der Waals surface area contributed by atoms with Crippen LogP contribution in [-0.2, 0) is 0 Å². The fraction of sp³-hybridized carbons (Fsp3) is 0.0714. The number of nitrogens with zero attached hydrogens (tertiary/aromatic N) is 2. The lowest BCUT2D eigenvalue weighted by atomic mass is 9.95. The van der Waals surface area contributed by atoms with Gasteiger partial charge in [-0.1, -0.05) is 55.2 Å². The zero-order chi connectivity index (χ0) is 23.2. The van der Waals surface area contributed by atoms with Gasteiger partial charge in [0.2, 0.25) is 0 Å². The molecule has 0 saturated carbocycles. The van der Waals surface area contributed by atoms with E-state index in [1.54, 1.807) is 19.2 Å². The summed E-state index contributed by atoms with van der Waals surface area (Å²) < 4.78 is 13.7. The number of hydrogen-bond donors (Lipinski definition) is 2. The lowest BCUT2D eigenvalue weighted by Gasteiger charge is -2.10. The number of nitrogens with one attached hydrogen (secondary N) is 2. The molecule has 0 bridgehead atoms. The van der Waals surface area contributed by atoms with Gasteiger partial charge in [-0.05, 0) is 66.0 Å². The molecule has 5 heteroatoms. The second-order valence-electron chi connectivity index (χ2n) is 7.59. The molecule has 4 rings (SSSR count). The Hall–Kier alpha value is -4.25. The summed E-state index contributed by atoms with van der Waals surface area (Å²) in [4.78, 5) is 4.36. The van der Waals surface area contributed by atoms with Crippen LogP contribution in [0, 0.1) is 12.7 Å². The van der Waals surface area contributed by atoms with E-state index in [1.807, 2.05) is 61.9 Å². The SMILES string of the molecule is C=C1\C=C/C(c2cn[nH]c2-c2ccc(F)c(C)n2)=C/C=C/C1=C/C(=C\C)C1=CNC=CC=C1. The van der Waals surface area contributed by atoms with Gasteiger partial charge in [-0.25, -0.2) is 9.37 Å². The van der Waals surface area contributed by atoms with Crippen molar-refractivity contribution < 1.29 is 4.39 Å². The average molecular weight is 437 g/mol. The molecule has 2 N–H and O–H groups in total. The van der Waals surface area contributed by atoms with Crippen molar-refractivity contribution in [2.24, 2.45) is 0 Å². The average Bonchev–Trinajstić information content (AvgIpc) is 3.13. The number of hydrogen-bond acceptors (Lipinski definition) is 3. The maximum Gasteiger partial charge on any atom is 0.144 e. The Morgan fingerprint density at radius 1 is 1.09 bits per heavy atom. The summed E-state index contributed by atoms with van der Waals surface area (Å²) in [6.45, 7) is 7.93. The fourth-order valence-corrected chi connectivity index (χ4v) is 3.55. The highest BCUT2D eigenvalue weighted by atomic mass is 19.1. The molecule has 1 aliphatic heterocycles. The maximum absolute atomic E-state index is 13.7. The van der Waals surface area contributed by atoms with Crippen LogP contribution >= 0.6 is 0 Å². The summed E-state index contributed by atoms with van der Waals surface area (Å²) >= 11 is 0. The predicted molar refractivity (Wildman–Crippen MR) is 133 cm³/mol. The van der Waals surface area contributed by atoms with Crippen LogP contribution in [-0.4, -0.2) is 15.2 Å². The van der Waals surface area contributed by atoms with Crippen molar-refractivity contribution in [3.05, 3.63) is 137 Å². The van der Waals surface area contributed by atoms with E-state index in [4.69, 9.17) is 0 Å². The molecule has 0 spiro atoms. The molecule has 0 radical (unpaired) electrons. The third kappa shape index (κ3) is 4.99. The first-order valence-electron chi connectivity index (χ1n) is 10.7. The number of aromatic nitrogens is 3. The van der Waals surface area contributed by atoms with Crippen molar-refractivity contribution >= 4 is 5.57 Å². The van der Waals surface area contributed by atoms with Crippen LogP contribution in [0.2, 0.25) is 0 Å². The van der Waals surface area contributed by atoms with Crippen LogP contribution in [0.4, 0.5) is 4.39 Å². The Bertz CT molecular complexity index is 1320. The first-order valence-corrected chi connectivity index (χ1v) is 10.7. The minimum Gasteiger partial charge on any atom is -0.367 e. The summed E-state index contributed by atoms with van der Waals surface area (Å²) in [6.07, 6.45) is 25.9. The number of pyridine rings is 1. The van der Waals surface area contributed by atoms with E-state index in [0.29, 0.717) is 11.4 Å². The molecular weight excluding hydrogens is 411 g/mol. The van der Waals surface area contributed by atoms with E-state index in [-0.39, 0.29) is 5.82 Å². The van der Waals surface area contributed by atoms with Gasteiger partial charge in [-0.3, -0.25) is 5.10 Å². The number of H-pyrrole nitrogens is 1. The lowest BCUT2D eigenvalue weighted by Crippen LogP contribution is -1.96. The zero-order valence-corrected chi connectivity index (χ0v) is 18.6. The van der Waals surface area contributed by atoms with Crippen LogP contribution in [0.25, 0.3) is 17.0 Å². The number of allylic oxidation sites excluding steroid dienone is 15. The highest BCUT2D eigenvalue weighted by molar-refractivity contribution is 5.84. The fourth-order valence-electron chi connectivity index (χ4n) is 3.55. The molecule has 0 atom stereocenters. The van der Waals surface area contributed by atoms with E-state index in [2.05, 4.69) is 45.3 Å². The largest absolute Gasteiger partial charge is 0.367 e. The quantitative estimate of drug-likeness (QED) is 0.582. The number of aryl methyl sites for hydroxylation is 1. The smallest absolute Gasteiger partial charge is 0.144 e. The Morgan fingerprint density at radius 2 is 1.97 bits per heavy atom. The third-order valence-electron chi connectivity index (χ3n) is 5.39. The van der Waals surface area contributed by atoms with Gasteiger partial charge in [0.25, 0.3) is 0 Å². The van der Waals surface area contributed by atoms with Crippen molar-refractivity contribution in [2.75, 3.05) is 0 Å². The number of halogens is 1. The molecule has 0 unspecified atom stereocenters. The maximum atomic E-state index is 13.7. The van der Waals surface area contributed by atoms with Crippen molar-refractivity contribution in [1.82, 2.24) is 20.5 Å². The van der Waals surface area contributed by atoms with Crippen molar-refractivity contribution in [2.45, 2.75) is 13.8 Å². The van der Waals surface area contributed by atoms with E-state index in [9.17, 15) is 4.39 Å². The second-order valence-corrected chi connectivity index (χ2v) is 7.59. The highest BCUT2D eigenvalue weighted by Gasteiger charge is 2.14. The topological polar surface area (TPSA) is 53.6 Å². The van der Waals surface area contributed by atoms with Gasteiger partial charge in [0.1, 0.15) is 5.82 Å². The molecule has 0 fully saturated rings. The normalized spacial score (nSPS) is 20.9. The van der Waals surface area contributed by atoms with Gasteiger partial charge in [0.05, 0.1) is 23.3 Å². The van der Waals surface area contributed by atoms with Crippen molar-refractivity contribution in [3.8, 4) is 11.4 Å². The van der Waals surface area contributed by atoms with Crippen molar-refractivity contribution in [1.29, 1.82) is 0 Å². The molecule has 0 amide bonds. The first-order chi connectivity index (χ1) is 16.1. The van der Waals surface area contributed by atoms with E-state index < -0.39 is 0 Å². The van der Waals surface area contributed by atoms with Crippen LogP contribution in [0.5, 0.6) is 0 Å². The Balaban J connectivity index is 1.65. The summed E-state index contributed by atoms with van der Waals surface area (Å²) in [5, 5.41) is 10.4. The first kappa shape index (κ1) is 22.0. The Kier molecular flexibility index (Phi) is 6.60. The molecule has 2 aromatic rings. The predicted octanol–water partition coefficient (Wildman–Crippen LogP) is 6.41. The summed E-state index contributed by atoms with van der Waals surface area (Å²) in [7, 11) is 0. The van der Waals surface area contributed by atoms with Crippen molar-refractivity contribution in [3.63, 3.8) is 0 Å². The molecule has 0 saturated heterocycles. The molecule has 33 heavy (non-hydrogen) atoms. The van der Waals surface area contributed by atoms with Crippen LogP contribution in [0.1, 0.15) is 18.2 Å². The second kappa shape index (κ2) is 9.92. The van der Waals surface area contributed by atoms with Gasteiger partial charge < -0.3 is 5.32 Å². The summed E-state index contributed by atoms with van der Waals surface area (Å²) in [5.41, 5.74) is 7.67. The summed E-state index contributed by atoms with van der Waals surface area (Å²) in [5.74, 6) is -0.328. The zero-order valence-electron chi connectivity index (χ0n) is 18.6. The Morgan fingerprint density at radius 3 is 2.79 bits per heavy atom. The monoisotopic (exact) mass is 436 g/mol. The van der Waals surface area contributed by atoms with Gasteiger partial charge >= 0.3 is 0 Å². The lowest BCUT2D eigenvalue weighted by molar-refractivity contribution is 0.610. The van der Waals surface area contributed by atoms with Gasteiger partial charge in [-0.15, -0.1) is 0 Å². The molecule has 3 heterocycles. The highest BCUT2D eigenvalue weighted by Crippen LogP contribution is 2.29. The van der Waals surface area contributed by atoms with E-state index in [1.165, 1.54) is 6.07 Å². The molecule has 164 valence electrons. The third-order valence-corrected chi connectivity index (χ3v) is 5.39. The number of rotatable bonds is 4. The molecule has 0 aromatic carbocycles. The minimum absolute atomic E-state index is 0.328. The van der Waals surface area contributed by atoms with Crippen LogP contribution < -0.4 is 5.32 Å². The van der Waals surface area contributed by atoms with Crippen LogP contribution in [0.15, 0.2) is 120 Å². The Labute approximate surface area is 193 Å². The van der Waals surface area contributed by atoms with E-state index >= 15 is 0 Å². The molecular formula is C28H25FN4. The van der Waals surface area contributed by atoms with Gasteiger partial charge in [-0.2, -0.15) is 5.10 Å². The van der Waals surface area contributed by atoms with E-state index in [0.717, 1.165) is 39.1 Å². The molecule has 2 aromatic heterocycles. The summed E-state index contributed by atoms with van der Waals surface area (Å²) in [6, 6.07) is 3.08. The van der Waals surface area contributed by atoms with Gasteiger partial charge in [0.15, 0.2) is 0 Å². The number of aromatic amines is 1. The van der Waals surface area contributed by atoms with Crippen LogP contribution in [0.3, 0.4) is 0 Å².